The third-order valence-electron chi connectivity index (χ3n) is 6.50. The van der Waals surface area contributed by atoms with Gasteiger partial charge in [-0.3, -0.25) is 4.79 Å². The van der Waals surface area contributed by atoms with Gasteiger partial charge in [-0.15, -0.1) is 0 Å². The standard InChI is InChI=1S/C21H29BrN2O/c22-18-7-5-17(6-8-18)21(11-12-21)20(25)23-19-9-13-24(14-10-19)15-16-3-1-2-4-16/h5-8,16,19H,1-4,9-15H2,(H,23,25). The molecule has 2 saturated carbocycles. The molecule has 1 aromatic rings. The lowest BCUT2D eigenvalue weighted by molar-refractivity contribution is -0.124. The Balaban J connectivity index is 1.28. The van der Waals surface area contributed by atoms with Crippen LogP contribution in [0.1, 0.15) is 56.9 Å². The lowest BCUT2D eigenvalue weighted by Crippen LogP contribution is -2.48. The quantitative estimate of drug-likeness (QED) is 0.794. The molecular formula is C21H29BrN2O. The SMILES string of the molecule is O=C(NC1CCN(CC2CCCC2)CC1)C1(c2ccc(Br)cc2)CC1. The first-order chi connectivity index (χ1) is 12.2. The van der Waals surface area contributed by atoms with Gasteiger partial charge in [0.25, 0.3) is 0 Å². The molecule has 0 aromatic heterocycles. The second-order valence-electron chi connectivity index (χ2n) is 8.29. The highest BCUT2D eigenvalue weighted by Crippen LogP contribution is 2.48. The number of piperidine rings is 1. The van der Waals surface area contributed by atoms with Gasteiger partial charge in [-0.05, 0) is 62.1 Å². The van der Waals surface area contributed by atoms with Gasteiger partial charge < -0.3 is 10.2 Å². The molecule has 25 heavy (non-hydrogen) atoms. The van der Waals surface area contributed by atoms with Crippen molar-refractivity contribution >= 4 is 21.8 Å². The number of nitrogens with one attached hydrogen (secondary N) is 1. The predicted molar refractivity (Wildman–Crippen MR) is 105 cm³/mol. The van der Waals surface area contributed by atoms with E-state index in [0.29, 0.717) is 6.04 Å². The highest BCUT2D eigenvalue weighted by atomic mass is 79.9. The van der Waals surface area contributed by atoms with E-state index in [1.807, 2.05) is 12.1 Å². The maximum Gasteiger partial charge on any atom is 0.230 e. The molecule has 4 heteroatoms. The fourth-order valence-electron chi connectivity index (χ4n) is 4.68. The molecule has 3 aliphatic rings. The van der Waals surface area contributed by atoms with Crippen molar-refractivity contribution < 1.29 is 4.79 Å². The summed E-state index contributed by atoms with van der Waals surface area (Å²) in [6, 6.07) is 8.65. The molecule has 1 amide bonds. The van der Waals surface area contributed by atoms with Gasteiger partial charge in [0.1, 0.15) is 0 Å². The molecule has 0 spiro atoms. The number of rotatable bonds is 5. The summed E-state index contributed by atoms with van der Waals surface area (Å²) in [5, 5.41) is 3.37. The van der Waals surface area contributed by atoms with Crippen LogP contribution in [0.3, 0.4) is 0 Å². The van der Waals surface area contributed by atoms with Crippen molar-refractivity contribution in [3.8, 4) is 0 Å². The van der Waals surface area contributed by atoms with Crippen molar-refractivity contribution in [2.45, 2.75) is 62.8 Å². The fourth-order valence-corrected chi connectivity index (χ4v) is 4.95. The van der Waals surface area contributed by atoms with E-state index < -0.39 is 0 Å². The number of halogens is 1. The topological polar surface area (TPSA) is 32.3 Å². The third-order valence-corrected chi connectivity index (χ3v) is 7.02. The van der Waals surface area contributed by atoms with Crippen LogP contribution in [-0.4, -0.2) is 36.5 Å². The summed E-state index contributed by atoms with van der Waals surface area (Å²) in [6.45, 7) is 3.57. The number of hydrogen-bond acceptors (Lipinski definition) is 2. The van der Waals surface area contributed by atoms with Crippen LogP contribution < -0.4 is 5.32 Å². The number of benzene rings is 1. The van der Waals surface area contributed by atoms with E-state index in [1.54, 1.807) is 0 Å². The van der Waals surface area contributed by atoms with E-state index in [2.05, 4.69) is 38.3 Å². The highest BCUT2D eigenvalue weighted by Gasteiger charge is 2.51. The minimum Gasteiger partial charge on any atom is -0.353 e. The molecule has 1 heterocycles. The number of nitrogens with zero attached hydrogens (tertiary/aromatic N) is 1. The van der Waals surface area contributed by atoms with Gasteiger partial charge in [-0.2, -0.15) is 0 Å². The van der Waals surface area contributed by atoms with Crippen LogP contribution in [0.15, 0.2) is 28.7 Å². The minimum atomic E-state index is -0.248. The van der Waals surface area contributed by atoms with Crippen molar-refractivity contribution in [1.29, 1.82) is 0 Å². The first-order valence-corrected chi connectivity index (χ1v) is 10.7. The summed E-state index contributed by atoms with van der Waals surface area (Å²) < 4.78 is 1.07. The molecule has 0 unspecified atom stereocenters. The minimum absolute atomic E-state index is 0.248. The van der Waals surface area contributed by atoms with E-state index in [1.165, 1.54) is 37.8 Å². The average Bonchev–Trinajstić information content (AvgIpc) is 3.28. The molecule has 1 aliphatic heterocycles. The van der Waals surface area contributed by atoms with Crippen LogP contribution >= 0.6 is 15.9 Å². The van der Waals surface area contributed by atoms with Gasteiger partial charge in [-0.1, -0.05) is 40.9 Å². The smallest absolute Gasteiger partial charge is 0.230 e. The molecule has 1 N–H and O–H groups in total. The second-order valence-corrected chi connectivity index (χ2v) is 9.20. The maximum absolute atomic E-state index is 12.9. The van der Waals surface area contributed by atoms with Gasteiger partial charge in [0.2, 0.25) is 5.91 Å². The van der Waals surface area contributed by atoms with E-state index in [4.69, 9.17) is 0 Å². The number of amides is 1. The Hall–Kier alpha value is -0.870. The van der Waals surface area contributed by atoms with Crippen LogP contribution in [0, 0.1) is 5.92 Å². The van der Waals surface area contributed by atoms with Crippen molar-refractivity contribution in [1.82, 2.24) is 10.2 Å². The molecule has 1 aromatic carbocycles. The lowest BCUT2D eigenvalue weighted by Gasteiger charge is -2.34. The molecular weight excluding hydrogens is 376 g/mol. The number of carbonyl (C=O) groups excluding carboxylic acids is 1. The van der Waals surface area contributed by atoms with Crippen LogP contribution in [0.5, 0.6) is 0 Å². The van der Waals surface area contributed by atoms with Gasteiger partial charge >= 0.3 is 0 Å². The maximum atomic E-state index is 12.9. The lowest BCUT2D eigenvalue weighted by atomic mass is 9.93. The Morgan fingerprint density at radius 2 is 1.72 bits per heavy atom. The number of hydrogen-bond donors (Lipinski definition) is 1. The molecule has 4 rings (SSSR count). The molecule has 1 saturated heterocycles. The summed E-state index contributed by atoms with van der Waals surface area (Å²) >= 11 is 3.48. The Kier molecular flexibility index (Phi) is 5.19. The average molecular weight is 405 g/mol. The van der Waals surface area contributed by atoms with Crippen LogP contribution in [0.25, 0.3) is 0 Å². The highest BCUT2D eigenvalue weighted by molar-refractivity contribution is 9.10. The number of likely N-dealkylation sites (tertiary alicyclic amines) is 1. The monoisotopic (exact) mass is 404 g/mol. The first kappa shape index (κ1) is 17.5. The van der Waals surface area contributed by atoms with Crippen molar-refractivity contribution in [3.63, 3.8) is 0 Å². The summed E-state index contributed by atoms with van der Waals surface area (Å²) in [5.74, 6) is 1.18. The first-order valence-electron chi connectivity index (χ1n) is 9.95. The zero-order valence-corrected chi connectivity index (χ0v) is 16.6. The third kappa shape index (κ3) is 3.95. The normalized spacial score (nSPS) is 24.4. The van der Waals surface area contributed by atoms with Crippen molar-refractivity contribution in [2.75, 3.05) is 19.6 Å². The molecule has 2 aliphatic carbocycles. The second kappa shape index (κ2) is 7.40. The predicted octanol–water partition coefficient (Wildman–Crippen LogP) is 4.25. The molecule has 136 valence electrons. The van der Waals surface area contributed by atoms with E-state index >= 15 is 0 Å². The number of carbonyl (C=O) groups is 1. The van der Waals surface area contributed by atoms with E-state index in [-0.39, 0.29) is 11.3 Å². The summed E-state index contributed by atoms with van der Waals surface area (Å²) in [5.41, 5.74) is 0.925. The molecule has 0 atom stereocenters. The Labute approximate surface area is 159 Å². The van der Waals surface area contributed by atoms with Crippen LogP contribution in [0.2, 0.25) is 0 Å². The summed E-state index contributed by atoms with van der Waals surface area (Å²) in [6.07, 6.45) is 9.88. The van der Waals surface area contributed by atoms with Crippen molar-refractivity contribution in [2.24, 2.45) is 5.92 Å². The van der Waals surface area contributed by atoms with E-state index in [9.17, 15) is 4.79 Å². The van der Waals surface area contributed by atoms with E-state index in [0.717, 1.165) is 49.2 Å². The van der Waals surface area contributed by atoms with Crippen LogP contribution in [-0.2, 0) is 10.2 Å². The Bertz CT molecular complexity index is 597. The van der Waals surface area contributed by atoms with Gasteiger partial charge in [0, 0.05) is 30.1 Å². The van der Waals surface area contributed by atoms with Gasteiger partial charge in [0.15, 0.2) is 0 Å². The molecule has 0 radical (unpaired) electrons. The molecule has 3 fully saturated rings. The largest absolute Gasteiger partial charge is 0.353 e. The fraction of sp³-hybridized carbons (Fsp3) is 0.667. The zero-order valence-electron chi connectivity index (χ0n) is 15.0. The molecule has 3 nitrogen and oxygen atoms in total. The molecule has 0 bridgehead atoms. The zero-order chi connectivity index (χ0) is 17.3. The summed E-state index contributed by atoms with van der Waals surface area (Å²) in [4.78, 5) is 15.5. The Morgan fingerprint density at radius 1 is 1.08 bits per heavy atom. The Morgan fingerprint density at radius 3 is 2.32 bits per heavy atom. The summed E-state index contributed by atoms with van der Waals surface area (Å²) in [7, 11) is 0. The van der Waals surface area contributed by atoms with Crippen LogP contribution in [0.4, 0.5) is 0 Å². The van der Waals surface area contributed by atoms with Gasteiger partial charge in [-0.25, -0.2) is 0 Å². The van der Waals surface area contributed by atoms with Crippen molar-refractivity contribution in [3.05, 3.63) is 34.3 Å². The van der Waals surface area contributed by atoms with Gasteiger partial charge in [0.05, 0.1) is 5.41 Å².